The number of nitrogens with one attached hydrogen (secondary N) is 2. The number of carbonyl (C=O) groups excluding carboxylic acids is 2. The normalized spacial score (nSPS) is 15.8. The Kier molecular flexibility index (Phi) is 8.52. The van der Waals surface area contributed by atoms with Crippen LogP contribution in [0.25, 0.3) is 0 Å². The summed E-state index contributed by atoms with van der Waals surface area (Å²) >= 11 is 15.1. The maximum atomic E-state index is 12.6. The maximum absolute atomic E-state index is 12.6. The molecule has 1 aromatic carbocycles. The Balaban J connectivity index is 1.80. The number of hydrogen-bond donors (Lipinski definition) is 2. The number of halogens is 2. The minimum Gasteiger partial charge on any atom is -0.463 e. The number of nitrogens with zero attached hydrogens (tertiary/aromatic N) is 3. The second-order valence-electron chi connectivity index (χ2n) is 6.56. The van der Waals surface area contributed by atoms with Crippen molar-refractivity contribution in [2.45, 2.75) is 33.2 Å². The first-order valence-electron chi connectivity index (χ1n) is 9.75. The van der Waals surface area contributed by atoms with Crippen molar-refractivity contribution in [2.75, 3.05) is 17.7 Å². The van der Waals surface area contributed by atoms with Crippen LogP contribution in [0.5, 0.6) is 0 Å². The zero-order chi connectivity index (χ0) is 23.3. The number of ether oxygens (including phenoxy) is 1. The maximum Gasteiger partial charge on any atom is 0.338 e. The standard InChI is InChI=1S/C20H21Cl2N5O3S2/c1-4-14-26-27-20(32-14)24-13(28)9-31-19-23-10(3)15(18(29)30-5-2)17(25-19)11-7-6-8-12(21)16(11)22/h6-8,17H,4-5,9H2,1-3H3,(H,23,25)(H,24,27,28)/t17-/m1/s1. The number of aryl methyl sites for hydroxylation is 1. The van der Waals surface area contributed by atoms with Gasteiger partial charge in [0.05, 0.1) is 28.0 Å². The summed E-state index contributed by atoms with van der Waals surface area (Å²) in [5, 5.41) is 16.2. The van der Waals surface area contributed by atoms with Crippen LogP contribution >= 0.6 is 46.3 Å². The fourth-order valence-corrected chi connectivity index (χ4v) is 4.74. The topological polar surface area (TPSA) is 106 Å². The lowest BCUT2D eigenvalue weighted by Gasteiger charge is -2.26. The summed E-state index contributed by atoms with van der Waals surface area (Å²) in [6.45, 7) is 5.68. The molecule has 12 heteroatoms. The summed E-state index contributed by atoms with van der Waals surface area (Å²) < 4.78 is 5.22. The molecule has 1 amide bonds. The highest BCUT2D eigenvalue weighted by Gasteiger charge is 2.32. The number of carbonyl (C=O) groups is 2. The van der Waals surface area contributed by atoms with Crippen LogP contribution in [0.4, 0.5) is 5.13 Å². The van der Waals surface area contributed by atoms with Gasteiger partial charge in [0.1, 0.15) is 11.0 Å². The number of thioether (sulfide) groups is 1. The summed E-state index contributed by atoms with van der Waals surface area (Å²) in [5.41, 5.74) is 1.48. The molecule has 1 aliphatic heterocycles. The number of esters is 1. The van der Waals surface area contributed by atoms with Crippen LogP contribution in [0.15, 0.2) is 34.5 Å². The average molecular weight is 514 g/mol. The van der Waals surface area contributed by atoms with E-state index in [1.165, 1.54) is 23.1 Å². The van der Waals surface area contributed by atoms with Crippen molar-refractivity contribution >= 4 is 68.5 Å². The number of hydrogen-bond acceptors (Lipinski definition) is 9. The molecular formula is C20H21Cl2N5O3S2. The van der Waals surface area contributed by atoms with E-state index in [-0.39, 0.29) is 18.3 Å². The number of allylic oxidation sites excluding steroid dienone is 1. The predicted octanol–water partition coefficient (Wildman–Crippen LogP) is 4.62. The lowest BCUT2D eigenvalue weighted by Crippen LogP contribution is -2.31. The number of anilines is 1. The average Bonchev–Trinajstić information content (AvgIpc) is 3.21. The van der Waals surface area contributed by atoms with Gasteiger partial charge in [-0.1, -0.05) is 65.4 Å². The third kappa shape index (κ3) is 5.80. The van der Waals surface area contributed by atoms with Crippen LogP contribution in [0.2, 0.25) is 10.0 Å². The highest BCUT2D eigenvalue weighted by molar-refractivity contribution is 8.14. The summed E-state index contributed by atoms with van der Waals surface area (Å²) in [7, 11) is 0. The van der Waals surface area contributed by atoms with Crippen LogP contribution < -0.4 is 10.6 Å². The molecule has 0 bridgehead atoms. The molecule has 0 unspecified atom stereocenters. The van der Waals surface area contributed by atoms with Gasteiger partial charge in [0, 0.05) is 11.3 Å². The van der Waals surface area contributed by atoms with Crippen molar-refractivity contribution in [1.29, 1.82) is 0 Å². The summed E-state index contributed by atoms with van der Waals surface area (Å²) in [5.74, 6) is -0.647. The van der Waals surface area contributed by atoms with E-state index in [9.17, 15) is 9.59 Å². The zero-order valence-corrected chi connectivity index (χ0v) is 20.7. The number of benzene rings is 1. The Morgan fingerprint density at radius 2 is 2.06 bits per heavy atom. The van der Waals surface area contributed by atoms with Gasteiger partial charge in [-0.3, -0.25) is 10.1 Å². The van der Waals surface area contributed by atoms with Crippen molar-refractivity contribution in [3.05, 3.63) is 50.1 Å². The molecule has 1 atom stereocenters. The number of rotatable bonds is 7. The molecule has 0 saturated carbocycles. The number of aliphatic imine (C=N–C) groups is 1. The van der Waals surface area contributed by atoms with E-state index >= 15 is 0 Å². The number of amides is 1. The largest absolute Gasteiger partial charge is 0.463 e. The molecule has 2 heterocycles. The van der Waals surface area contributed by atoms with Gasteiger partial charge < -0.3 is 10.1 Å². The molecule has 0 aliphatic carbocycles. The third-order valence-electron chi connectivity index (χ3n) is 4.35. The minimum absolute atomic E-state index is 0.0882. The van der Waals surface area contributed by atoms with E-state index in [1.807, 2.05) is 6.92 Å². The molecule has 2 N–H and O–H groups in total. The number of amidine groups is 1. The van der Waals surface area contributed by atoms with E-state index in [1.54, 1.807) is 32.0 Å². The molecule has 170 valence electrons. The van der Waals surface area contributed by atoms with Gasteiger partial charge in [0.2, 0.25) is 11.0 Å². The summed E-state index contributed by atoms with van der Waals surface area (Å²) in [6.07, 6.45) is 0.755. The SMILES string of the molecule is CCOC(=O)C1=C(C)NC(SCC(=O)Nc2nnc(CC)s2)=N[C@@H]1c1cccc(Cl)c1Cl. The first kappa shape index (κ1) is 24.5. The molecular weight excluding hydrogens is 493 g/mol. The van der Waals surface area contributed by atoms with E-state index in [2.05, 4.69) is 25.8 Å². The molecule has 1 aromatic heterocycles. The van der Waals surface area contributed by atoms with E-state index in [0.29, 0.717) is 37.2 Å². The van der Waals surface area contributed by atoms with Gasteiger partial charge in [-0.05, 0) is 26.3 Å². The second kappa shape index (κ2) is 11.1. The third-order valence-corrected chi connectivity index (χ3v) is 7.05. The lowest BCUT2D eigenvalue weighted by atomic mass is 9.96. The van der Waals surface area contributed by atoms with Crippen LogP contribution in [-0.4, -0.2) is 39.6 Å². The quantitative estimate of drug-likeness (QED) is 0.520. The summed E-state index contributed by atoms with van der Waals surface area (Å²) in [6, 6.07) is 4.44. The number of aromatic nitrogens is 2. The van der Waals surface area contributed by atoms with Gasteiger partial charge in [-0.2, -0.15) is 0 Å². The first-order valence-corrected chi connectivity index (χ1v) is 12.3. The first-order chi connectivity index (χ1) is 15.3. The fourth-order valence-electron chi connectivity index (χ4n) is 2.89. The molecule has 0 radical (unpaired) electrons. The van der Waals surface area contributed by atoms with Gasteiger partial charge >= 0.3 is 5.97 Å². The van der Waals surface area contributed by atoms with Crippen LogP contribution in [0.3, 0.4) is 0 Å². The molecule has 8 nitrogen and oxygen atoms in total. The molecule has 0 saturated heterocycles. The Morgan fingerprint density at radius 1 is 1.28 bits per heavy atom. The molecule has 0 spiro atoms. The summed E-state index contributed by atoms with van der Waals surface area (Å²) in [4.78, 5) is 29.6. The Bertz CT molecular complexity index is 1090. The van der Waals surface area contributed by atoms with E-state index in [4.69, 9.17) is 27.9 Å². The smallest absolute Gasteiger partial charge is 0.338 e. The van der Waals surface area contributed by atoms with Gasteiger partial charge in [-0.15, -0.1) is 10.2 Å². The molecule has 0 fully saturated rings. The van der Waals surface area contributed by atoms with Crippen molar-refractivity contribution in [3.8, 4) is 0 Å². The van der Waals surface area contributed by atoms with Crippen LogP contribution in [-0.2, 0) is 20.7 Å². The van der Waals surface area contributed by atoms with Crippen molar-refractivity contribution in [3.63, 3.8) is 0 Å². The van der Waals surface area contributed by atoms with Crippen molar-refractivity contribution in [1.82, 2.24) is 15.5 Å². The molecule has 32 heavy (non-hydrogen) atoms. The lowest BCUT2D eigenvalue weighted by molar-refractivity contribution is -0.139. The Labute approximate surface area is 203 Å². The predicted molar refractivity (Wildman–Crippen MR) is 129 cm³/mol. The Morgan fingerprint density at radius 3 is 2.75 bits per heavy atom. The van der Waals surface area contributed by atoms with Gasteiger partial charge in [0.15, 0.2) is 5.17 Å². The molecule has 2 aromatic rings. The highest BCUT2D eigenvalue weighted by Crippen LogP contribution is 2.39. The van der Waals surface area contributed by atoms with E-state index < -0.39 is 12.0 Å². The zero-order valence-electron chi connectivity index (χ0n) is 17.6. The van der Waals surface area contributed by atoms with Gasteiger partial charge in [0.25, 0.3) is 0 Å². The molecule has 3 rings (SSSR count). The van der Waals surface area contributed by atoms with E-state index in [0.717, 1.165) is 11.4 Å². The second-order valence-corrected chi connectivity index (χ2v) is 9.37. The van der Waals surface area contributed by atoms with Gasteiger partial charge in [-0.25, -0.2) is 9.79 Å². The van der Waals surface area contributed by atoms with Crippen LogP contribution in [0, 0.1) is 0 Å². The minimum atomic E-state index is -0.720. The van der Waals surface area contributed by atoms with Crippen LogP contribution in [0.1, 0.15) is 37.4 Å². The van der Waals surface area contributed by atoms with Crippen molar-refractivity contribution in [2.24, 2.45) is 4.99 Å². The monoisotopic (exact) mass is 513 g/mol. The Hall–Kier alpha value is -2.14. The highest BCUT2D eigenvalue weighted by atomic mass is 35.5. The van der Waals surface area contributed by atoms with Crippen molar-refractivity contribution < 1.29 is 14.3 Å². The fraction of sp³-hybridized carbons (Fsp3) is 0.350. The molecule has 1 aliphatic rings.